The van der Waals surface area contributed by atoms with Crippen molar-refractivity contribution in [1.82, 2.24) is 4.90 Å². The molecule has 4 heteroatoms. The number of piperazine rings is 1. The Kier molecular flexibility index (Phi) is 6.15. The summed E-state index contributed by atoms with van der Waals surface area (Å²) in [4.78, 5) is 18.2. The lowest BCUT2D eigenvalue weighted by molar-refractivity contribution is -0.121. The van der Waals surface area contributed by atoms with Gasteiger partial charge in [0.1, 0.15) is 6.04 Å². The van der Waals surface area contributed by atoms with Gasteiger partial charge in [-0.25, -0.2) is 0 Å². The first-order valence-corrected chi connectivity index (χ1v) is 10.6. The molecule has 1 N–H and O–H groups in total. The Bertz CT molecular complexity index is 959. The van der Waals surface area contributed by atoms with Crippen molar-refractivity contribution in [1.29, 1.82) is 0 Å². The number of nitrogens with zero attached hydrogens (tertiary/aromatic N) is 2. The number of aryl methyl sites for hydroxylation is 2. The van der Waals surface area contributed by atoms with Crippen LogP contribution in [0, 0.1) is 13.8 Å². The third-order valence-corrected chi connectivity index (χ3v) is 5.89. The molecule has 0 aliphatic carbocycles. The molecule has 1 atom stereocenters. The highest BCUT2D eigenvalue weighted by atomic mass is 16.2. The summed E-state index contributed by atoms with van der Waals surface area (Å²) in [6.07, 6.45) is 0. The molecular weight excluding hydrogens is 370 g/mol. The van der Waals surface area contributed by atoms with Crippen molar-refractivity contribution in [2.75, 3.05) is 36.4 Å². The fraction of sp³-hybridized carbons (Fsp3) is 0.269. The van der Waals surface area contributed by atoms with Crippen molar-refractivity contribution >= 4 is 17.3 Å². The topological polar surface area (TPSA) is 35.6 Å². The Hall–Kier alpha value is -3.11. The molecule has 1 unspecified atom stereocenters. The van der Waals surface area contributed by atoms with Gasteiger partial charge in [-0.3, -0.25) is 9.69 Å². The van der Waals surface area contributed by atoms with Gasteiger partial charge in [0, 0.05) is 37.6 Å². The van der Waals surface area contributed by atoms with Gasteiger partial charge in [0.2, 0.25) is 5.91 Å². The minimum Gasteiger partial charge on any atom is -0.369 e. The lowest BCUT2D eigenvalue weighted by Gasteiger charge is -2.39. The lowest BCUT2D eigenvalue weighted by atomic mass is 10.0. The molecule has 0 saturated carbocycles. The van der Waals surface area contributed by atoms with E-state index in [1.807, 2.05) is 56.3 Å². The highest BCUT2D eigenvalue weighted by Crippen LogP contribution is 2.27. The Balaban J connectivity index is 1.55. The lowest BCUT2D eigenvalue weighted by Crippen LogP contribution is -2.50. The molecule has 3 aromatic carbocycles. The van der Waals surface area contributed by atoms with Crippen LogP contribution >= 0.6 is 0 Å². The number of benzene rings is 3. The standard InChI is InChI=1S/C26H29N3O/c1-20-10-9-11-21(2)24(20)27-26(30)25(22-12-5-3-6-13-22)29-18-16-28(17-19-29)23-14-7-4-8-15-23/h3-15,25H,16-19H2,1-2H3,(H,27,30). The Morgan fingerprint density at radius 2 is 1.33 bits per heavy atom. The second kappa shape index (κ2) is 9.14. The molecule has 4 nitrogen and oxygen atoms in total. The third kappa shape index (κ3) is 4.39. The zero-order chi connectivity index (χ0) is 20.9. The first-order chi connectivity index (χ1) is 14.6. The zero-order valence-corrected chi connectivity index (χ0v) is 17.7. The van der Waals surface area contributed by atoms with E-state index < -0.39 is 0 Å². The first-order valence-electron chi connectivity index (χ1n) is 10.6. The Morgan fingerprint density at radius 1 is 0.767 bits per heavy atom. The fourth-order valence-corrected chi connectivity index (χ4v) is 4.24. The summed E-state index contributed by atoms with van der Waals surface area (Å²) >= 11 is 0. The quantitative estimate of drug-likeness (QED) is 0.669. The van der Waals surface area contributed by atoms with Gasteiger partial charge < -0.3 is 10.2 Å². The maximum atomic E-state index is 13.5. The number of carbonyl (C=O) groups excluding carboxylic acids is 1. The molecular formula is C26H29N3O. The Morgan fingerprint density at radius 3 is 1.93 bits per heavy atom. The van der Waals surface area contributed by atoms with Crippen LogP contribution in [0.5, 0.6) is 0 Å². The van der Waals surface area contributed by atoms with E-state index in [-0.39, 0.29) is 11.9 Å². The van der Waals surface area contributed by atoms with E-state index >= 15 is 0 Å². The van der Waals surface area contributed by atoms with Gasteiger partial charge in [-0.05, 0) is 42.7 Å². The molecule has 1 aliphatic heterocycles. The number of hydrogen-bond acceptors (Lipinski definition) is 3. The van der Waals surface area contributed by atoms with Crippen molar-refractivity contribution in [3.8, 4) is 0 Å². The summed E-state index contributed by atoms with van der Waals surface area (Å²) in [5.74, 6) is 0.0340. The maximum Gasteiger partial charge on any atom is 0.246 e. The predicted octanol–water partition coefficient (Wildman–Crippen LogP) is 4.81. The molecule has 3 aromatic rings. The second-order valence-electron chi connectivity index (χ2n) is 7.93. The minimum atomic E-state index is -0.303. The molecule has 0 radical (unpaired) electrons. The molecule has 0 spiro atoms. The van der Waals surface area contributed by atoms with Crippen molar-refractivity contribution in [3.05, 3.63) is 95.6 Å². The van der Waals surface area contributed by atoms with Crippen LogP contribution in [0.15, 0.2) is 78.9 Å². The molecule has 1 saturated heterocycles. The average Bonchev–Trinajstić information content (AvgIpc) is 2.78. The predicted molar refractivity (Wildman–Crippen MR) is 124 cm³/mol. The Labute approximate surface area is 179 Å². The van der Waals surface area contributed by atoms with Crippen LogP contribution in [-0.2, 0) is 4.79 Å². The van der Waals surface area contributed by atoms with E-state index in [9.17, 15) is 4.79 Å². The van der Waals surface area contributed by atoms with E-state index in [1.165, 1.54) is 5.69 Å². The van der Waals surface area contributed by atoms with Crippen LogP contribution in [0.25, 0.3) is 0 Å². The molecule has 4 rings (SSSR count). The normalized spacial score (nSPS) is 15.6. The number of rotatable bonds is 5. The van der Waals surface area contributed by atoms with Crippen LogP contribution in [0.2, 0.25) is 0 Å². The van der Waals surface area contributed by atoms with Gasteiger partial charge in [-0.2, -0.15) is 0 Å². The van der Waals surface area contributed by atoms with E-state index in [1.54, 1.807) is 0 Å². The molecule has 1 amide bonds. The molecule has 154 valence electrons. The summed E-state index contributed by atoms with van der Waals surface area (Å²) in [6.45, 7) is 7.58. The fourth-order valence-electron chi connectivity index (χ4n) is 4.24. The number of anilines is 2. The van der Waals surface area contributed by atoms with Crippen molar-refractivity contribution < 1.29 is 4.79 Å². The van der Waals surface area contributed by atoms with Crippen molar-refractivity contribution in [2.24, 2.45) is 0 Å². The number of amides is 1. The van der Waals surface area contributed by atoms with E-state index in [2.05, 4.69) is 51.5 Å². The molecule has 0 bridgehead atoms. The summed E-state index contributed by atoms with van der Waals surface area (Å²) < 4.78 is 0. The number of carbonyl (C=O) groups is 1. The van der Waals surface area contributed by atoms with E-state index in [0.29, 0.717) is 0 Å². The molecule has 1 fully saturated rings. The molecule has 30 heavy (non-hydrogen) atoms. The largest absolute Gasteiger partial charge is 0.369 e. The van der Waals surface area contributed by atoms with Crippen LogP contribution in [0.4, 0.5) is 11.4 Å². The maximum absolute atomic E-state index is 13.5. The minimum absolute atomic E-state index is 0.0340. The monoisotopic (exact) mass is 399 g/mol. The van der Waals surface area contributed by atoms with Gasteiger partial charge in [-0.15, -0.1) is 0 Å². The highest BCUT2D eigenvalue weighted by molar-refractivity contribution is 5.96. The van der Waals surface area contributed by atoms with Crippen LogP contribution in [0.3, 0.4) is 0 Å². The van der Waals surface area contributed by atoms with E-state index in [0.717, 1.165) is 48.6 Å². The van der Waals surface area contributed by atoms with Crippen molar-refractivity contribution in [2.45, 2.75) is 19.9 Å². The van der Waals surface area contributed by atoms with Gasteiger partial charge in [-0.1, -0.05) is 66.7 Å². The highest BCUT2D eigenvalue weighted by Gasteiger charge is 2.31. The van der Waals surface area contributed by atoms with Gasteiger partial charge >= 0.3 is 0 Å². The van der Waals surface area contributed by atoms with Crippen LogP contribution in [-0.4, -0.2) is 37.0 Å². The summed E-state index contributed by atoms with van der Waals surface area (Å²) in [6, 6.07) is 26.4. The zero-order valence-electron chi connectivity index (χ0n) is 17.7. The van der Waals surface area contributed by atoms with Gasteiger partial charge in [0.15, 0.2) is 0 Å². The number of para-hydroxylation sites is 2. The number of nitrogens with one attached hydrogen (secondary N) is 1. The summed E-state index contributed by atoms with van der Waals surface area (Å²) in [5, 5.41) is 3.22. The van der Waals surface area contributed by atoms with Gasteiger partial charge in [0.05, 0.1) is 0 Å². The number of hydrogen-bond donors (Lipinski definition) is 1. The first kappa shape index (κ1) is 20.2. The molecule has 1 aliphatic rings. The summed E-state index contributed by atoms with van der Waals surface area (Å²) in [5.41, 5.74) is 5.38. The third-order valence-electron chi connectivity index (χ3n) is 5.89. The van der Waals surface area contributed by atoms with Crippen LogP contribution in [0.1, 0.15) is 22.7 Å². The smallest absolute Gasteiger partial charge is 0.246 e. The van der Waals surface area contributed by atoms with Crippen molar-refractivity contribution in [3.63, 3.8) is 0 Å². The van der Waals surface area contributed by atoms with E-state index in [4.69, 9.17) is 0 Å². The molecule has 0 aromatic heterocycles. The SMILES string of the molecule is Cc1cccc(C)c1NC(=O)C(c1ccccc1)N1CCN(c2ccccc2)CC1. The second-order valence-corrected chi connectivity index (χ2v) is 7.93. The average molecular weight is 400 g/mol. The van der Waals surface area contributed by atoms with Gasteiger partial charge in [0.25, 0.3) is 0 Å². The van der Waals surface area contributed by atoms with Crippen LogP contribution < -0.4 is 10.2 Å². The molecule has 1 heterocycles. The summed E-state index contributed by atoms with van der Waals surface area (Å²) in [7, 11) is 0.